The third-order valence-corrected chi connectivity index (χ3v) is 14.2. The summed E-state index contributed by atoms with van der Waals surface area (Å²) in [5.74, 6) is -10.7. The molecule has 2 saturated heterocycles. The van der Waals surface area contributed by atoms with Crippen LogP contribution in [-0.2, 0) is 59.2 Å². The SMILES string of the molecule is CC[C@H](C)[C@@H]1NC(=O)[C@H](Cc2ccc(O)cc2)NC(=O)[C@@H](N)CSSC[C@@H](C(=O)N2CCC[C@H]2C(=O)N[C@H](C(=O)NCC(N)=O)[C@@H](C)CC)NC(=O)[C@H](CC(N)=O)NC(=O)C(CCC(N)=O)NC1=O. The van der Waals surface area contributed by atoms with Gasteiger partial charge in [-0.1, -0.05) is 74.3 Å². The van der Waals surface area contributed by atoms with Crippen molar-refractivity contribution in [2.45, 2.75) is 127 Å². The Hall–Kier alpha value is -6.15. The van der Waals surface area contributed by atoms with Crippen molar-refractivity contribution in [2.75, 3.05) is 24.6 Å². The van der Waals surface area contributed by atoms with Crippen LogP contribution in [0.5, 0.6) is 5.75 Å². The van der Waals surface area contributed by atoms with Crippen LogP contribution in [0.2, 0.25) is 0 Å². The maximum Gasteiger partial charge on any atom is 0.246 e. The lowest BCUT2D eigenvalue weighted by Gasteiger charge is -2.31. The molecule has 16 N–H and O–H groups in total. The van der Waals surface area contributed by atoms with Gasteiger partial charge >= 0.3 is 0 Å². The zero-order valence-electron chi connectivity index (χ0n) is 39.1. The number of carbonyl (C=O) groups excluding carboxylic acids is 11. The first-order valence-electron chi connectivity index (χ1n) is 22.6. The molecule has 2 heterocycles. The van der Waals surface area contributed by atoms with Gasteiger partial charge in [0.05, 0.1) is 19.0 Å². The largest absolute Gasteiger partial charge is 0.508 e. The molecule has 0 aromatic heterocycles. The number of nitrogens with two attached hydrogens (primary N) is 4. The second-order valence-corrected chi connectivity index (χ2v) is 19.6. The number of likely N-dealkylation sites (tertiary alicyclic amines) is 1. The molecule has 0 radical (unpaired) electrons. The lowest BCUT2D eigenvalue weighted by molar-refractivity contribution is -0.142. The number of nitrogens with one attached hydrogen (secondary N) is 7. The van der Waals surface area contributed by atoms with Crippen LogP contribution in [0.4, 0.5) is 0 Å². The van der Waals surface area contributed by atoms with Gasteiger partial charge in [0.25, 0.3) is 0 Å². The van der Waals surface area contributed by atoms with Gasteiger partial charge in [-0.15, -0.1) is 0 Å². The van der Waals surface area contributed by atoms with Crippen molar-refractivity contribution in [1.29, 1.82) is 0 Å². The number of rotatable bonds is 17. The Kier molecular flexibility index (Phi) is 23.0. The molecule has 0 spiro atoms. The van der Waals surface area contributed by atoms with E-state index < -0.39 is 151 Å². The third kappa shape index (κ3) is 18.0. The van der Waals surface area contributed by atoms with Crippen LogP contribution in [-0.4, -0.2) is 148 Å². The van der Waals surface area contributed by atoms with Gasteiger partial charge in [0.1, 0.15) is 48.0 Å². The van der Waals surface area contributed by atoms with E-state index in [1.165, 1.54) is 29.2 Å². The summed E-state index contributed by atoms with van der Waals surface area (Å²) in [7, 11) is 2.05. The number of hydrogen-bond donors (Lipinski definition) is 12. The van der Waals surface area contributed by atoms with E-state index in [1.54, 1.807) is 27.7 Å². The van der Waals surface area contributed by atoms with Crippen LogP contribution < -0.4 is 60.2 Å². The summed E-state index contributed by atoms with van der Waals surface area (Å²) in [6.07, 6.45) is -0.421. The topological polar surface area (TPSA) is 400 Å². The summed E-state index contributed by atoms with van der Waals surface area (Å²) in [6, 6.07) is -5.06. The maximum atomic E-state index is 14.5. The maximum absolute atomic E-state index is 14.5. The van der Waals surface area contributed by atoms with E-state index in [-0.39, 0.29) is 36.6 Å². The highest BCUT2D eigenvalue weighted by atomic mass is 33.1. The zero-order valence-corrected chi connectivity index (χ0v) is 40.7. The van der Waals surface area contributed by atoms with Gasteiger partial charge in [-0.25, -0.2) is 0 Å². The van der Waals surface area contributed by atoms with E-state index in [0.717, 1.165) is 21.6 Å². The fraction of sp³-hybridized carbons (Fsp3) is 0.605. The molecular weight excluding hydrogens is 941 g/mol. The van der Waals surface area contributed by atoms with Crippen molar-refractivity contribution >= 4 is 86.6 Å². The fourth-order valence-electron chi connectivity index (χ4n) is 7.31. The molecule has 1 unspecified atom stereocenters. The van der Waals surface area contributed by atoms with Gasteiger partial charge in [0.15, 0.2) is 0 Å². The van der Waals surface area contributed by atoms with Crippen LogP contribution in [0.15, 0.2) is 24.3 Å². The molecule has 26 heteroatoms. The molecule has 3 rings (SSSR count). The minimum Gasteiger partial charge on any atom is -0.508 e. The quantitative estimate of drug-likeness (QED) is 0.0671. The smallest absolute Gasteiger partial charge is 0.246 e. The standard InChI is InChI=1S/C43H66N12O12S2/c1-5-21(3)34(41(65)48-18-33(47)59)54-40(64)30-8-7-15-55(30)43(67)29-20-69-68-19-25(44)36(60)50-27(16-23-9-11-24(56)12-10-23)39(63)53-35(22(4)6-2)42(66)49-26(13-14-31(45)57)37(61)51-28(17-32(46)58)38(62)52-29/h9-12,21-22,25-30,34-35,56H,5-8,13-20,44H2,1-4H3,(H2,45,57)(H2,46,58)(H2,47,59)(H,48,65)(H,49,66)(H,50,60)(H,51,61)(H,52,62)(H,53,63)(H,54,64)/t21-,22-,25-,26?,27-,28-,29-,30-,34-,35-/m0/s1. The number of hydrogen-bond acceptors (Lipinski definition) is 15. The molecule has 1 aromatic carbocycles. The number of amides is 11. The first-order chi connectivity index (χ1) is 32.6. The van der Waals surface area contributed by atoms with Crippen molar-refractivity contribution in [3.8, 4) is 5.75 Å². The van der Waals surface area contributed by atoms with Crippen LogP contribution in [0.1, 0.15) is 78.2 Å². The normalized spacial score (nSPS) is 24.7. The highest BCUT2D eigenvalue weighted by Crippen LogP contribution is 2.26. The predicted octanol–water partition coefficient (Wildman–Crippen LogP) is -3.61. The van der Waals surface area contributed by atoms with Crippen molar-refractivity contribution in [1.82, 2.24) is 42.1 Å². The number of aromatic hydroxyl groups is 1. The molecule has 2 fully saturated rings. The minimum absolute atomic E-state index is 0.0468. The van der Waals surface area contributed by atoms with E-state index >= 15 is 0 Å². The van der Waals surface area contributed by atoms with E-state index in [4.69, 9.17) is 22.9 Å². The first-order valence-corrected chi connectivity index (χ1v) is 25.1. The van der Waals surface area contributed by atoms with E-state index in [1.807, 2.05) is 0 Å². The summed E-state index contributed by atoms with van der Waals surface area (Å²) in [5.41, 5.74) is 22.9. The number of carbonyl (C=O) groups is 11. The van der Waals surface area contributed by atoms with Crippen LogP contribution >= 0.6 is 21.6 Å². The van der Waals surface area contributed by atoms with Gasteiger partial charge in [0, 0.05) is 30.9 Å². The van der Waals surface area contributed by atoms with Crippen molar-refractivity contribution < 1.29 is 57.8 Å². The summed E-state index contributed by atoms with van der Waals surface area (Å²) in [4.78, 5) is 148. The van der Waals surface area contributed by atoms with Crippen LogP contribution in [0.25, 0.3) is 0 Å². The van der Waals surface area contributed by atoms with E-state index in [0.29, 0.717) is 24.8 Å². The summed E-state index contributed by atoms with van der Waals surface area (Å²) in [6.45, 7) is 6.47. The summed E-state index contributed by atoms with van der Waals surface area (Å²) < 4.78 is 0. The molecule has 2 aliphatic rings. The number of primary amides is 3. The minimum atomic E-state index is -1.75. The molecule has 382 valence electrons. The average molecular weight is 1010 g/mol. The Bertz CT molecular complexity index is 2050. The van der Waals surface area contributed by atoms with Gasteiger partial charge in [0.2, 0.25) is 65.0 Å². The Balaban J connectivity index is 2.06. The first kappa shape index (κ1) is 57.2. The molecule has 24 nitrogen and oxygen atoms in total. The van der Waals surface area contributed by atoms with Gasteiger partial charge < -0.3 is 70.2 Å². The second kappa shape index (κ2) is 27.7. The molecule has 2 aliphatic heterocycles. The molecule has 11 amide bonds. The highest BCUT2D eigenvalue weighted by Gasteiger charge is 2.41. The van der Waals surface area contributed by atoms with Gasteiger partial charge in [-0.05, 0) is 48.8 Å². The third-order valence-electron chi connectivity index (χ3n) is 11.7. The van der Waals surface area contributed by atoms with Crippen molar-refractivity contribution in [2.24, 2.45) is 34.8 Å². The fourth-order valence-corrected chi connectivity index (χ4v) is 9.59. The molecule has 10 atom stereocenters. The van der Waals surface area contributed by atoms with Crippen LogP contribution in [0.3, 0.4) is 0 Å². The molecule has 1 aromatic rings. The van der Waals surface area contributed by atoms with Gasteiger partial charge in [-0.3, -0.25) is 52.7 Å². The number of phenols is 1. The molecule has 0 saturated carbocycles. The molecular formula is C43H66N12O12S2. The highest BCUT2D eigenvalue weighted by molar-refractivity contribution is 8.76. The van der Waals surface area contributed by atoms with E-state index in [2.05, 4.69) is 37.2 Å². The Morgan fingerprint density at radius 3 is 1.99 bits per heavy atom. The second-order valence-electron chi connectivity index (χ2n) is 17.1. The number of benzene rings is 1. The van der Waals surface area contributed by atoms with Gasteiger partial charge in [-0.2, -0.15) is 0 Å². The summed E-state index contributed by atoms with van der Waals surface area (Å²) >= 11 is 0. The number of nitrogens with zero attached hydrogens (tertiary/aromatic N) is 1. The molecule has 0 bridgehead atoms. The van der Waals surface area contributed by atoms with E-state index in [9.17, 15) is 57.8 Å². The Labute approximate surface area is 407 Å². The average Bonchev–Trinajstić information content (AvgIpc) is 3.80. The lowest BCUT2D eigenvalue weighted by atomic mass is 9.96. The van der Waals surface area contributed by atoms with Crippen molar-refractivity contribution in [3.63, 3.8) is 0 Å². The Morgan fingerprint density at radius 1 is 0.768 bits per heavy atom. The van der Waals surface area contributed by atoms with Crippen LogP contribution in [0, 0.1) is 11.8 Å². The van der Waals surface area contributed by atoms with Crippen molar-refractivity contribution in [3.05, 3.63) is 29.8 Å². The predicted molar refractivity (Wildman–Crippen MR) is 254 cm³/mol. The molecule has 69 heavy (non-hydrogen) atoms. The lowest BCUT2D eigenvalue weighted by Crippen LogP contribution is -2.61. The number of phenolic OH excluding ortho intramolecular Hbond substituents is 1. The zero-order chi connectivity index (χ0) is 51.5. The summed E-state index contributed by atoms with van der Waals surface area (Å²) in [5, 5.41) is 27.7. The Morgan fingerprint density at radius 2 is 1.38 bits per heavy atom. The monoisotopic (exact) mass is 1010 g/mol. The molecule has 0 aliphatic carbocycles.